The Kier molecular flexibility index (Phi) is 3.81. The van der Waals surface area contributed by atoms with Gasteiger partial charge in [0.05, 0.1) is 5.92 Å². The maximum Gasteiger partial charge on any atom is 0.355 e. The van der Waals surface area contributed by atoms with Crippen LogP contribution in [0.2, 0.25) is 0 Å². The zero-order valence-electron chi connectivity index (χ0n) is 13.1. The predicted octanol–water partition coefficient (Wildman–Crippen LogP) is -0.0723. The first kappa shape index (κ1) is 16.4. The Hall–Kier alpha value is -2.45. The molecule has 3 rings (SSSR count). The third kappa shape index (κ3) is 2.35. The quantitative estimate of drug-likeness (QED) is 0.660. The van der Waals surface area contributed by atoms with E-state index in [1.54, 1.807) is 6.07 Å². The third-order valence-corrected chi connectivity index (χ3v) is 4.62. The van der Waals surface area contributed by atoms with E-state index in [9.17, 15) is 24.6 Å². The largest absolute Gasteiger partial charge is 0.452 e. The summed E-state index contributed by atoms with van der Waals surface area (Å²) in [6, 6.07) is 3.06. The van der Waals surface area contributed by atoms with Gasteiger partial charge >= 0.3 is 11.9 Å². The molecular weight excluding hydrogens is 318 g/mol. The third-order valence-electron chi connectivity index (χ3n) is 4.62. The first-order valence-electron chi connectivity index (χ1n) is 7.41. The molecule has 8 heteroatoms. The molecule has 24 heavy (non-hydrogen) atoms. The first-order chi connectivity index (χ1) is 11.2. The van der Waals surface area contributed by atoms with Gasteiger partial charge in [0, 0.05) is 17.7 Å². The van der Waals surface area contributed by atoms with Gasteiger partial charge < -0.3 is 24.7 Å². The van der Waals surface area contributed by atoms with Crippen molar-refractivity contribution in [2.24, 2.45) is 11.8 Å². The highest BCUT2D eigenvalue weighted by Crippen LogP contribution is 2.48. The summed E-state index contributed by atoms with van der Waals surface area (Å²) >= 11 is 0. The lowest BCUT2D eigenvalue weighted by atomic mass is 9.80. The number of esters is 2. The van der Waals surface area contributed by atoms with Gasteiger partial charge in [-0.2, -0.15) is 0 Å². The predicted molar refractivity (Wildman–Crippen MR) is 78.5 cm³/mol. The van der Waals surface area contributed by atoms with Crippen LogP contribution in [0.3, 0.4) is 0 Å². The van der Waals surface area contributed by atoms with Crippen LogP contribution < -0.4 is 0 Å². The molecule has 3 N–H and O–H groups in total. The minimum atomic E-state index is -1.89. The van der Waals surface area contributed by atoms with Crippen molar-refractivity contribution >= 4 is 17.7 Å². The number of H-pyrrole nitrogens is 1. The van der Waals surface area contributed by atoms with E-state index >= 15 is 0 Å². The Morgan fingerprint density at radius 1 is 1.42 bits per heavy atom. The van der Waals surface area contributed by atoms with Crippen molar-refractivity contribution in [2.45, 2.75) is 31.7 Å². The summed E-state index contributed by atoms with van der Waals surface area (Å²) in [5.41, 5.74) is -1.68. The molecule has 1 aliphatic heterocycles. The molecule has 2 aliphatic rings. The van der Waals surface area contributed by atoms with Gasteiger partial charge in [0.15, 0.2) is 11.9 Å². The summed E-state index contributed by atoms with van der Waals surface area (Å²) in [6.45, 7) is 2.54. The number of aliphatic hydroxyl groups is 2. The van der Waals surface area contributed by atoms with E-state index in [0.717, 1.165) is 6.26 Å². The summed E-state index contributed by atoms with van der Waals surface area (Å²) in [7, 11) is 0. The van der Waals surface area contributed by atoms with Crippen molar-refractivity contribution in [3.8, 4) is 0 Å². The van der Waals surface area contributed by atoms with Crippen LogP contribution in [0.5, 0.6) is 0 Å². The summed E-state index contributed by atoms with van der Waals surface area (Å²) < 4.78 is 10.1. The molecule has 0 amide bonds. The summed E-state index contributed by atoms with van der Waals surface area (Å²) in [5, 5.41) is 21.3. The normalized spacial score (nSPS) is 35.0. The second-order valence-electron chi connectivity index (χ2n) is 6.20. The number of ether oxygens (including phenoxy) is 2. The average Bonchev–Trinajstić information content (AvgIpc) is 3.10. The Bertz CT molecular complexity index is 719. The van der Waals surface area contributed by atoms with Crippen molar-refractivity contribution in [2.75, 3.05) is 0 Å². The molecule has 5 atom stereocenters. The summed E-state index contributed by atoms with van der Waals surface area (Å²) in [6.07, 6.45) is -0.308. The molecule has 1 aliphatic carbocycles. The standard InChI is InChI=1S/C16H17NO7/c1-7(18)8-6-23-15(21)11-10(8)12(19)13(16(11,2)22)24-14(20)9-4-3-5-17-9/h3-6,10-13,17,19,22H,1-2H3/t10-,11-,12+,13+,16-/m1/s1. The van der Waals surface area contributed by atoms with E-state index in [4.69, 9.17) is 9.47 Å². The molecule has 0 saturated heterocycles. The second kappa shape index (κ2) is 5.57. The zero-order chi connectivity index (χ0) is 17.6. The number of rotatable bonds is 3. The number of carbonyl (C=O) groups is 3. The number of ketones is 1. The number of aromatic nitrogens is 1. The van der Waals surface area contributed by atoms with Crippen LogP contribution >= 0.6 is 0 Å². The number of Topliss-reactive ketones (excluding diaryl/α,β-unsaturated/α-hetero) is 1. The molecule has 8 nitrogen and oxygen atoms in total. The van der Waals surface area contributed by atoms with Gasteiger partial charge in [0.2, 0.25) is 0 Å². The Morgan fingerprint density at radius 3 is 2.71 bits per heavy atom. The van der Waals surface area contributed by atoms with Crippen molar-refractivity contribution in [1.29, 1.82) is 0 Å². The van der Waals surface area contributed by atoms with Crippen molar-refractivity contribution < 1.29 is 34.1 Å². The first-order valence-corrected chi connectivity index (χ1v) is 7.41. The minimum absolute atomic E-state index is 0.0748. The van der Waals surface area contributed by atoms with Gasteiger partial charge in [-0.1, -0.05) is 0 Å². The molecule has 0 spiro atoms. The molecule has 1 aromatic heterocycles. The van der Waals surface area contributed by atoms with Crippen LogP contribution in [0.25, 0.3) is 0 Å². The molecule has 128 valence electrons. The van der Waals surface area contributed by atoms with Gasteiger partial charge in [-0.25, -0.2) is 4.79 Å². The molecule has 1 saturated carbocycles. The number of cyclic esters (lactones) is 1. The average molecular weight is 335 g/mol. The van der Waals surface area contributed by atoms with E-state index in [2.05, 4.69) is 4.98 Å². The van der Waals surface area contributed by atoms with E-state index < -0.39 is 47.4 Å². The van der Waals surface area contributed by atoms with Crippen molar-refractivity contribution in [3.05, 3.63) is 35.9 Å². The van der Waals surface area contributed by atoms with Gasteiger partial charge in [-0.15, -0.1) is 0 Å². The number of hydrogen-bond donors (Lipinski definition) is 3. The highest BCUT2D eigenvalue weighted by atomic mass is 16.6. The highest BCUT2D eigenvalue weighted by Gasteiger charge is 2.65. The number of hydrogen-bond acceptors (Lipinski definition) is 7. The smallest absolute Gasteiger partial charge is 0.355 e. The van der Waals surface area contributed by atoms with Crippen molar-refractivity contribution in [3.63, 3.8) is 0 Å². The Balaban J connectivity index is 1.95. The Morgan fingerprint density at radius 2 is 2.12 bits per heavy atom. The summed E-state index contributed by atoms with van der Waals surface area (Å²) in [4.78, 5) is 38.6. The number of nitrogens with one attached hydrogen (secondary N) is 1. The lowest BCUT2D eigenvalue weighted by Crippen LogP contribution is -2.48. The molecule has 0 aromatic carbocycles. The van der Waals surface area contributed by atoms with E-state index in [-0.39, 0.29) is 11.3 Å². The molecule has 0 unspecified atom stereocenters. The fraction of sp³-hybridized carbons (Fsp3) is 0.438. The van der Waals surface area contributed by atoms with Crippen LogP contribution in [0.4, 0.5) is 0 Å². The van der Waals surface area contributed by atoms with Crippen LogP contribution in [-0.4, -0.2) is 50.7 Å². The number of aliphatic hydroxyl groups excluding tert-OH is 1. The van der Waals surface area contributed by atoms with Crippen LogP contribution in [0.1, 0.15) is 24.3 Å². The lowest BCUT2D eigenvalue weighted by molar-refractivity contribution is -0.158. The van der Waals surface area contributed by atoms with Gasteiger partial charge in [0.25, 0.3) is 0 Å². The van der Waals surface area contributed by atoms with Crippen molar-refractivity contribution in [1.82, 2.24) is 4.98 Å². The molecule has 2 heterocycles. The number of fused-ring (bicyclic) bond motifs is 1. The van der Waals surface area contributed by atoms with E-state index in [0.29, 0.717) is 0 Å². The number of carbonyl (C=O) groups excluding carboxylic acids is 3. The van der Waals surface area contributed by atoms with Crippen LogP contribution in [-0.2, 0) is 19.1 Å². The Labute approximate surface area is 137 Å². The molecule has 0 bridgehead atoms. The fourth-order valence-corrected chi connectivity index (χ4v) is 3.44. The van der Waals surface area contributed by atoms with Gasteiger partial charge in [-0.05, 0) is 26.0 Å². The zero-order valence-corrected chi connectivity index (χ0v) is 13.1. The topological polar surface area (TPSA) is 126 Å². The lowest BCUT2D eigenvalue weighted by Gasteiger charge is -2.31. The molecule has 1 aromatic rings. The summed E-state index contributed by atoms with van der Waals surface area (Å²) in [5.74, 6) is -4.18. The van der Waals surface area contributed by atoms with E-state index in [1.807, 2.05) is 0 Å². The second-order valence-corrected chi connectivity index (χ2v) is 6.20. The van der Waals surface area contributed by atoms with Crippen LogP contribution in [0.15, 0.2) is 30.2 Å². The monoisotopic (exact) mass is 335 g/mol. The molecular formula is C16H17NO7. The fourth-order valence-electron chi connectivity index (χ4n) is 3.44. The minimum Gasteiger partial charge on any atom is -0.452 e. The highest BCUT2D eigenvalue weighted by molar-refractivity contribution is 5.96. The SMILES string of the molecule is CC(=O)C1=COC(=O)[C@H]2[C@@H]1[C@H](O)[C@H](OC(=O)c1ccc[nH]1)[C@]2(C)O. The maximum absolute atomic E-state index is 12.1. The van der Waals surface area contributed by atoms with Gasteiger partial charge in [0.1, 0.15) is 23.7 Å². The van der Waals surface area contributed by atoms with E-state index in [1.165, 1.54) is 26.1 Å². The van der Waals surface area contributed by atoms with Gasteiger partial charge in [-0.3, -0.25) is 9.59 Å². The van der Waals surface area contributed by atoms with Crippen LogP contribution in [0, 0.1) is 11.8 Å². The molecule has 0 radical (unpaired) electrons. The molecule has 1 fully saturated rings. The maximum atomic E-state index is 12.1. The number of aromatic amines is 1.